The first-order valence-electron chi connectivity index (χ1n) is 3.10. The van der Waals surface area contributed by atoms with Gasteiger partial charge in [-0.3, -0.25) is 4.79 Å². The molecule has 0 saturated heterocycles. The van der Waals surface area contributed by atoms with E-state index >= 15 is 0 Å². The van der Waals surface area contributed by atoms with Crippen molar-refractivity contribution >= 4 is 17.0 Å². The van der Waals surface area contributed by atoms with Gasteiger partial charge in [0.15, 0.2) is 0 Å². The van der Waals surface area contributed by atoms with Gasteiger partial charge in [-0.2, -0.15) is 0 Å². The largest absolute Gasteiger partial charge is 0.345 e. The molecule has 0 aliphatic heterocycles. The summed E-state index contributed by atoms with van der Waals surface area (Å²) < 4.78 is 0. The van der Waals surface area contributed by atoms with E-state index in [4.69, 9.17) is 0 Å². The van der Waals surface area contributed by atoms with Crippen molar-refractivity contribution in [2.75, 3.05) is 5.75 Å². The van der Waals surface area contributed by atoms with Crippen LogP contribution in [0.25, 0.3) is 0 Å². The lowest BCUT2D eigenvalue weighted by atomic mass is 10.4. The van der Waals surface area contributed by atoms with Crippen molar-refractivity contribution in [3.8, 4) is 0 Å². The smallest absolute Gasteiger partial charge is 0.279 e. The van der Waals surface area contributed by atoms with Crippen LogP contribution in [0.15, 0.2) is 0 Å². The van der Waals surface area contributed by atoms with E-state index in [9.17, 15) is 4.79 Å². The third-order valence-corrected chi connectivity index (χ3v) is 1.35. The molecule has 1 amide bonds. The summed E-state index contributed by atoms with van der Waals surface area (Å²) in [6.07, 6.45) is 0. The van der Waals surface area contributed by atoms with Crippen LogP contribution in [0, 0.1) is 0 Å². The monoisotopic (exact) mass is 147 g/mol. The number of rotatable bonds is 2. The van der Waals surface area contributed by atoms with Gasteiger partial charge in [-0.15, -0.1) is 0 Å². The zero-order valence-corrected chi connectivity index (χ0v) is 6.92. The minimum atomic E-state index is 0.0764. The minimum Gasteiger partial charge on any atom is -0.345 e. The summed E-state index contributed by atoms with van der Waals surface area (Å²) in [4.78, 5) is 10.7. The summed E-state index contributed by atoms with van der Waals surface area (Å²) >= 11 is 1.31. The van der Waals surface area contributed by atoms with Crippen LogP contribution in [0.4, 0.5) is 4.79 Å². The lowest BCUT2D eigenvalue weighted by molar-refractivity contribution is 0.259. The molecule has 0 unspecified atom stereocenters. The Kier molecular flexibility index (Phi) is 4.58. The summed E-state index contributed by atoms with van der Waals surface area (Å²) in [6.45, 7) is 5.87. The average Bonchev–Trinajstić information content (AvgIpc) is 1.63. The fourth-order valence-electron chi connectivity index (χ4n) is 0.408. The third-order valence-electron chi connectivity index (χ3n) is 0.682. The van der Waals surface area contributed by atoms with Gasteiger partial charge >= 0.3 is 0 Å². The van der Waals surface area contributed by atoms with Gasteiger partial charge in [-0.05, 0) is 19.6 Å². The molecule has 0 rings (SSSR count). The Hall–Kier alpha value is -0.180. The summed E-state index contributed by atoms with van der Waals surface area (Å²) in [5.74, 6) is 0.846. The van der Waals surface area contributed by atoms with E-state index < -0.39 is 0 Å². The fraction of sp³-hybridized carbons (Fsp3) is 0.833. The van der Waals surface area contributed by atoms with Crippen LogP contribution in [0.2, 0.25) is 0 Å². The molecular weight excluding hydrogens is 134 g/mol. The standard InChI is InChI=1S/C6H13NOS/c1-4-9-6(8)7-5(2)3/h5H,4H2,1-3H3,(H,7,8). The molecule has 2 nitrogen and oxygen atoms in total. The third kappa shape index (κ3) is 5.69. The highest BCUT2D eigenvalue weighted by Crippen LogP contribution is 1.99. The first-order valence-corrected chi connectivity index (χ1v) is 4.08. The molecule has 1 N–H and O–H groups in total. The minimum absolute atomic E-state index is 0.0764. The average molecular weight is 147 g/mol. The SMILES string of the molecule is CCSC(=O)NC(C)C. The summed E-state index contributed by atoms with van der Waals surface area (Å²) in [5.41, 5.74) is 0. The van der Waals surface area contributed by atoms with Gasteiger partial charge in [0, 0.05) is 6.04 Å². The van der Waals surface area contributed by atoms with Crippen LogP contribution in [-0.2, 0) is 0 Å². The van der Waals surface area contributed by atoms with Gasteiger partial charge in [0.25, 0.3) is 5.24 Å². The molecule has 0 bridgehead atoms. The summed E-state index contributed by atoms with van der Waals surface area (Å²) in [7, 11) is 0. The number of carbonyl (C=O) groups excluding carboxylic acids is 1. The summed E-state index contributed by atoms with van der Waals surface area (Å²) in [6, 6.07) is 0.261. The van der Waals surface area contributed by atoms with Crippen molar-refractivity contribution in [3.63, 3.8) is 0 Å². The molecule has 0 radical (unpaired) electrons. The Bertz CT molecular complexity index is 93.1. The topological polar surface area (TPSA) is 29.1 Å². The quantitative estimate of drug-likeness (QED) is 0.646. The Morgan fingerprint density at radius 2 is 2.22 bits per heavy atom. The highest BCUT2D eigenvalue weighted by atomic mass is 32.2. The van der Waals surface area contributed by atoms with Crippen molar-refractivity contribution in [1.29, 1.82) is 0 Å². The molecule has 0 spiro atoms. The van der Waals surface area contributed by atoms with E-state index in [-0.39, 0.29) is 11.3 Å². The number of thioether (sulfide) groups is 1. The molecule has 0 aromatic rings. The molecule has 0 aliphatic carbocycles. The van der Waals surface area contributed by atoms with Crippen molar-refractivity contribution in [3.05, 3.63) is 0 Å². The molecule has 0 aromatic carbocycles. The molecule has 3 heteroatoms. The molecule has 54 valence electrons. The second-order valence-corrected chi connectivity index (χ2v) is 3.26. The predicted octanol–water partition coefficient (Wildman–Crippen LogP) is 1.86. The normalized spacial score (nSPS) is 9.78. The van der Waals surface area contributed by atoms with Gasteiger partial charge < -0.3 is 5.32 Å². The van der Waals surface area contributed by atoms with Crippen LogP contribution >= 0.6 is 11.8 Å². The van der Waals surface area contributed by atoms with E-state index in [0.717, 1.165) is 5.75 Å². The second-order valence-electron chi connectivity index (χ2n) is 2.02. The molecule has 0 fully saturated rings. The fourth-order valence-corrected chi connectivity index (χ4v) is 0.990. The lowest BCUT2D eigenvalue weighted by Crippen LogP contribution is -2.26. The maximum atomic E-state index is 10.7. The Labute approximate surface area is 60.4 Å². The van der Waals surface area contributed by atoms with Crippen LogP contribution in [0.5, 0.6) is 0 Å². The maximum absolute atomic E-state index is 10.7. The van der Waals surface area contributed by atoms with Gasteiger partial charge in [0.2, 0.25) is 0 Å². The zero-order valence-electron chi connectivity index (χ0n) is 6.10. The first kappa shape index (κ1) is 8.82. The Morgan fingerprint density at radius 1 is 1.67 bits per heavy atom. The number of hydrogen-bond donors (Lipinski definition) is 1. The van der Waals surface area contributed by atoms with Crippen molar-refractivity contribution in [2.24, 2.45) is 0 Å². The number of hydrogen-bond acceptors (Lipinski definition) is 2. The van der Waals surface area contributed by atoms with Crippen LogP contribution < -0.4 is 5.32 Å². The Balaban J connectivity index is 3.27. The van der Waals surface area contributed by atoms with Crippen molar-refractivity contribution in [1.82, 2.24) is 5.32 Å². The highest BCUT2D eigenvalue weighted by Gasteiger charge is 1.99. The molecule has 0 heterocycles. The highest BCUT2D eigenvalue weighted by molar-refractivity contribution is 8.13. The van der Waals surface area contributed by atoms with Gasteiger partial charge in [0.05, 0.1) is 0 Å². The van der Waals surface area contributed by atoms with Crippen molar-refractivity contribution in [2.45, 2.75) is 26.8 Å². The van der Waals surface area contributed by atoms with E-state index in [1.807, 2.05) is 20.8 Å². The van der Waals surface area contributed by atoms with Crippen LogP contribution in [0.1, 0.15) is 20.8 Å². The maximum Gasteiger partial charge on any atom is 0.279 e. The molecule has 0 saturated carbocycles. The number of nitrogens with one attached hydrogen (secondary N) is 1. The summed E-state index contributed by atoms with van der Waals surface area (Å²) in [5, 5.41) is 2.84. The predicted molar refractivity (Wildman–Crippen MR) is 41.8 cm³/mol. The number of amides is 1. The van der Waals surface area contributed by atoms with Crippen molar-refractivity contribution < 1.29 is 4.79 Å². The van der Waals surface area contributed by atoms with Gasteiger partial charge in [0.1, 0.15) is 0 Å². The van der Waals surface area contributed by atoms with Gasteiger partial charge in [-0.1, -0.05) is 18.7 Å². The van der Waals surface area contributed by atoms with Crippen LogP contribution in [0.3, 0.4) is 0 Å². The second kappa shape index (κ2) is 4.68. The molecular formula is C6H13NOS. The van der Waals surface area contributed by atoms with E-state index in [0.29, 0.717) is 0 Å². The lowest BCUT2D eigenvalue weighted by Gasteiger charge is -2.05. The molecule has 0 aliphatic rings. The Morgan fingerprint density at radius 3 is 2.56 bits per heavy atom. The number of carbonyl (C=O) groups is 1. The van der Waals surface area contributed by atoms with Crippen LogP contribution in [-0.4, -0.2) is 17.0 Å². The van der Waals surface area contributed by atoms with Gasteiger partial charge in [-0.25, -0.2) is 0 Å². The zero-order chi connectivity index (χ0) is 7.28. The first-order chi connectivity index (χ1) is 4.16. The molecule has 0 aromatic heterocycles. The molecule has 9 heavy (non-hydrogen) atoms. The molecule has 0 atom stereocenters. The van der Waals surface area contributed by atoms with E-state index in [2.05, 4.69) is 5.32 Å². The van der Waals surface area contributed by atoms with E-state index in [1.54, 1.807) is 0 Å². The van der Waals surface area contributed by atoms with E-state index in [1.165, 1.54) is 11.8 Å².